The summed E-state index contributed by atoms with van der Waals surface area (Å²) in [7, 11) is 0. The molecule has 0 aromatic heterocycles. The van der Waals surface area contributed by atoms with Gasteiger partial charge in [0, 0.05) is 5.92 Å². The van der Waals surface area contributed by atoms with Gasteiger partial charge in [-0.1, -0.05) is 0 Å². The van der Waals surface area contributed by atoms with Crippen LogP contribution in [-0.2, 0) is 18.5 Å². The predicted octanol–water partition coefficient (Wildman–Crippen LogP) is 3.26. The Kier molecular flexibility index (Phi) is 4.95. The summed E-state index contributed by atoms with van der Waals surface area (Å²) in [4.78, 5) is 0. The molecule has 0 amide bonds. The molecule has 0 atom stereocenters. The van der Waals surface area contributed by atoms with Crippen molar-refractivity contribution < 1.29 is 33.7 Å². The van der Waals surface area contributed by atoms with Crippen molar-refractivity contribution in [2.24, 2.45) is 5.92 Å². The van der Waals surface area contributed by atoms with Gasteiger partial charge in [0.05, 0.1) is 6.07 Å². The Morgan fingerprint density at radius 1 is 1.09 bits per heavy atom. The average molecular weight is 257 g/mol. The molecule has 0 aliphatic rings. The monoisotopic (exact) mass is 257 g/mol. The second-order valence-electron chi connectivity index (χ2n) is 1.92. The fourth-order valence-corrected chi connectivity index (χ4v) is 0. The first-order valence-corrected chi connectivity index (χ1v) is 6.67. The maximum absolute atomic E-state index is 9.91. The number of halogens is 5. The van der Waals surface area contributed by atoms with E-state index in [-0.39, 0.29) is 5.92 Å². The molecule has 0 N–H and O–H groups in total. The number of hydrogen-bond donors (Lipinski definition) is 0. The van der Waals surface area contributed by atoms with E-state index in [1.807, 2.05) is 19.9 Å². The summed E-state index contributed by atoms with van der Waals surface area (Å²) in [5.74, 6) is 0.190. The van der Waals surface area contributed by atoms with Crippen molar-refractivity contribution in [2.75, 3.05) is 0 Å². The SMILES string of the molecule is CC(C)C#N.[F][Nb]([F])([F])([F])[F]. The molecular formula is C4H7F5NNb. The van der Waals surface area contributed by atoms with Crippen molar-refractivity contribution in [1.82, 2.24) is 0 Å². The second kappa shape index (κ2) is 4.04. The molecule has 68 valence electrons. The van der Waals surface area contributed by atoms with Gasteiger partial charge in [-0.25, -0.2) is 0 Å². The molecule has 7 heteroatoms. The molecule has 0 radical (unpaired) electrons. The van der Waals surface area contributed by atoms with Crippen molar-refractivity contribution in [1.29, 1.82) is 5.26 Å². The Morgan fingerprint density at radius 2 is 1.18 bits per heavy atom. The molecule has 0 aliphatic heterocycles. The predicted molar refractivity (Wildman–Crippen MR) is 26.0 cm³/mol. The van der Waals surface area contributed by atoms with E-state index in [0.717, 1.165) is 0 Å². The zero-order valence-corrected chi connectivity index (χ0v) is 8.06. The Bertz CT molecular complexity index is 135. The molecule has 0 aromatic carbocycles. The Balaban J connectivity index is 0. The van der Waals surface area contributed by atoms with Crippen LogP contribution in [0.1, 0.15) is 13.8 Å². The van der Waals surface area contributed by atoms with Gasteiger partial charge in [-0.15, -0.1) is 0 Å². The Morgan fingerprint density at radius 3 is 1.18 bits per heavy atom. The maximum atomic E-state index is 9.91. The Hall–Kier alpha value is -0.120. The van der Waals surface area contributed by atoms with Crippen molar-refractivity contribution in [2.45, 2.75) is 13.8 Å². The summed E-state index contributed by atoms with van der Waals surface area (Å²) < 4.78 is 49.6. The van der Waals surface area contributed by atoms with Gasteiger partial charge in [0.2, 0.25) is 0 Å². The van der Waals surface area contributed by atoms with Crippen LogP contribution in [0, 0.1) is 17.2 Å². The van der Waals surface area contributed by atoms with E-state index in [9.17, 15) is 15.1 Å². The Labute approximate surface area is 65.3 Å². The minimum atomic E-state index is -9.19. The third-order valence-corrected chi connectivity index (χ3v) is 0.258. The van der Waals surface area contributed by atoms with E-state index in [2.05, 4.69) is 0 Å². The van der Waals surface area contributed by atoms with E-state index in [4.69, 9.17) is 5.26 Å². The first kappa shape index (κ1) is 13.5. The molecule has 0 rings (SSSR count). The third kappa shape index (κ3) is 174. The molecule has 0 heterocycles. The van der Waals surface area contributed by atoms with Crippen LogP contribution in [0.4, 0.5) is 15.1 Å². The molecule has 0 saturated heterocycles. The molecule has 0 bridgehead atoms. The zero-order valence-electron chi connectivity index (χ0n) is 5.86. The summed E-state index contributed by atoms with van der Waals surface area (Å²) in [6, 6.07) is 2.03. The fraction of sp³-hybridized carbons (Fsp3) is 0.750. The number of nitrogens with zero attached hydrogens (tertiary/aromatic N) is 1. The van der Waals surface area contributed by atoms with Crippen LogP contribution in [0.15, 0.2) is 0 Å². The molecular weight excluding hydrogens is 250 g/mol. The number of hydrogen-bond acceptors (Lipinski definition) is 1. The molecule has 0 saturated carbocycles. The van der Waals surface area contributed by atoms with Crippen LogP contribution in [-0.4, -0.2) is 0 Å². The van der Waals surface area contributed by atoms with E-state index in [0.29, 0.717) is 0 Å². The van der Waals surface area contributed by atoms with Gasteiger partial charge in [-0.2, -0.15) is 5.26 Å². The molecule has 1 nitrogen and oxygen atoms in total. The van der Waals surface area contributed by atoms with Crippen LogP contribution in [0.25, 0.3) is 0 Å². The quantitative estimate of drug-likeness (QED) is 0.482. The van der Waals surface area contributed by atoms with Crippen LogP contribution >= 0.6 is 0 Å². The van der Waals surface area contributed by atoms with Gasteiger partial charge in [-0.05, 0) is 13.8 Å². The van der Waals surface area contributed by atoms with Gasteiger partial charge in [-0.3, -0.25) is 0 Å². The van der Waals surface area contributed by atoms with Crippen LogP contribution < -0.4 is 0 Å². The molecule has 0 fully saturated rings. The molecule has 0 spiro atoms. The van der Waals surface area contributed by atoms with E-state index in [1.165, 1.54) is 0 Å². The van der Waals surface area contributed by atoms with Crippen molar-refractivity contribution in [3.8, 4) is 6.07 Å². The van der Waals surface area contributed by atoms with Crippen LogP contribution in [0.2, 0.25) is 0 Å². The molecule has 0 unspecified atom stereocenters. The van der Waals surface area contributed by atoms with Crippen molar-refractivity contribution >= 4 is 0 Å². The van der Waals surface area contributed by atoms with Gasteiger partial charge in [0.25, 0.3) is 0 Å². The minimum absolute atomic E-state index is 0.190. The topological polar surface area (TPSA) is 23.8 Å². The van der Waals surface area contributed by atoms with Crippen LogP contribution in [0.3, 0.4) is 0 Å². The molecule has 11 heavy (non-hydrogen) atoms. The average Bonchev–Trinajstić information content (AvgIpc) is 1.59. The fourth-order valence-electron chi connectivity index (χ4n) is 0. The first-order valence-electron chi connectivity index (χ1n) is 2.51. The summed E-state index contributed by atoms with van der Waals surface area (Å²) in [5, 5.41) is 7.89. The van der Waals surface area contributed by atoms with Crippen LogP contribution in [0.5, 0.6) is 0 Å². The second-order valence-corrected chi connectivity index (χ2v) is 5.06. The van der Waals surface area contributed by atoms with Gasteiger partial charge < -0.3 is 0 Å². The molecule has 0 aliphatic carbocycles. The van der Waals surface area contributed by atoms with Gasteiger partial charge >= 0.3 is 33.7 Å². The van der Waals surface area contributed by atoms with Gasteiger partial charge in [0.15, 0.2) is 0 Å². The first-order chi connectivity index (χ1) is 4.51. The standard InChI is InChI=1S/C4H7N.5FH.Nb/c1-4(2)3-5;;;;;;/h4H,1-2H3;5*1H;/q;;;;;;+5/p-5. The summed E-state index contributed by atoms with van der Waals surface area (Å²) >= 11 is -9.19. The van der Waals surface area contributed by atoms with Crippen molar-refractivity contribution in [3.63, 3.8) is 0 Å². The third-order valence-electron chi connectivity index (χ3n) is 0.258. The summed E-state index contributed by atoms with van der Waals surface area (Å²) in [6.07, 6.45) is 0. The van der Waals surface area contributed by atoms with Crippen molar-refractivity contribution in [3.05, 3.63) is 0 Å². The van der Waals surface area contributed by atoms with E-state index >= 15 is 0 Å². The molecule has 0 aromatic rings. The summed E-state index contributed by atoms with van der Waals surface area (Å²) in [5.41, 5.74) is 0. The summed E-state index contributed by atoms with van der Waals surface area (Å²) in [6.45, 7) is 3.72. The van der Waals surface area contributed by atoms with E-state index < -0.39 is 18.5 Å². The number of rotatable bonds is 0. The number of nitriles is 1. The van der Waals surface area contributed by atoms with Gasteiger partial charge in [0.1, 0.15) is 0 Å². The normalized spacial score (nSPS) is 13.9. The zero-order chi connectivity index (χ0) is 9.73. The van der Waals surface area contributed by atoms with E-state index in [1.54, 1.807) is 0 Å².